The number of carbonyl (C=O) groups is 1. The number of anilines is 2. The van der Waals surface area contributed by atoms with Crippen molar-refractivity contribution in [1.29, 1.82) is 0 Å². The van der Waals surface area contributed by atoms with Gasteiger partial charge in [-0.15, -0.1) is 0 Å². The van der Waals surface area contributed by atoms with E-state index in [1.807, 2.05) is 43.3 Å². The minimum Gasteiger partial charge on any atom is -0.387 e. The molecule has 47 heavy (non-hydrogen) atoms. The second-order valence-electron chi connectivity index (χ2n) is 11.8. The Hall–Kier alpha value is -3.89. The molecule has 2 aromatic heterocycles. The van der Waals surface area contributed by atoms with Crippen molar-refractivity contribution >= 4 is 49.4 Å². The van der Waals surface area contributed by atoms with Crippen LogP contribution >= 0.6 is 0 Å². The zero-order chi connectivity index (χ0) is 33.6. The van der Waals surface area contributed by atoms with Crippen LogP contribution < -0.4 is 20.3 Å². The Balaban J connectivity index is 1.03. The molecule has 3 heterocycles. The molecule has 2 aromatic carbocycles. The number of aliphatic hydroxyl groups excluding tert-OH is 2. The molecule has 0 aliphatic carbocycles. The van der Waals surface area contributed by atoms with E-state index < -0.39 is 40.5 Å². The first-order valence-electron chi connectivity index (χ1n) is 16.0. The molecule has 4 aromatic rings. The van der Waals surface area contributed by atoms with E-state index in [2.05, 4.69) is 30.3 Å². The first-order valence-corrected chi connectivity index (χ1v) is 17.5. The second kappa shape index (κ2) is 15.3. The van der Waals surface area contributed by atoms with Gasteiger partial charge in [0.25, 0.3) is 5.91 Å². The third-order valence-electron chi connectivity index (χ3n) is 8.30. The standard InChI is InChI=1S/C32H44N8O6S/c1-4-33-31(43)28-26(41)27(42)32(46-28)40-20-37-25-29(35-19-36-30(25)40)34-17-9-7-5-6-8-10-18-38-47(44,45)24-16-12-13-21-22(24)14-11-15-23(21)39(2)3/h11-16,19-20,26-28,32,38,41-42H,4-10,17-18H2,1-3H3,(H,33,43)(H,34,35,36)/t26-,27+,28-,32?/m0/s1. The van der Waals surface area contributed by atoms with Gasteiger partial charge in [-0.25, -0.2) is 28.1 Å². The number of fused-ring (bicyclic) bond motifs is 2. The molecule has 1 amide bonds. The van der Waals surface area contributed by atoms with E-state index in [0.717, 1.165) is 49.6 Å². The van der Waals surface area contributed by atoms with Crippen molar-refractivity contribution in [2.24, 2.45) is 0 Å². The molecule has 5 N–H and O–H groups in total. The summed E-state index contributed by atoms with van der Waals surface area (Å²) in [4.78, 5) is 27.5. The van der Waals surface area contributed by atoms with Crippen molar-refractivity contribution < 1.29 is 28.2 Å². The Morgan fingerprint density at radius 3 is 2.38 bits per heavy atom. The number of imidazole rings is 1. The molecule has 14 nitrogen and oxygen atoms in total. The highest BCUT2D eigenvalue weighted by atomic mass is 32.2. The molecule has 1 aliphatic heterocycles. The number of sulfonamides is 1. The van der Waals surface area contributed by atoms with E-state index in [1.165, 1.54) is 17.2 Å². The van der Waals surface area contributed by atoms with Crippen molar-refractivity contribution in [2.45, 2.75) is 74.9 Å². The highest BCUT2D eigenvalue weighted by molar-refractivity contribution is 7.89. The van der Waals surface area contributed by atoms with Crippen LogP contribution in [-0.4, -0.2) is 96.1 Å². The van der Waals surface area contributed by atoms with Crippen LogP contribution in [0.1, 0.15) is 51.7 Å². The van der Waals surface area contributed by atoms with Crippen molar-refractivity contribution in [3.8, 4) is 0 Å². The Kier molecular flexibility index (Phi) is 11.2. The summed E-state index contributed by atoms with van der Waals surface area (Å²) in [6.45, 7) is 3.18. The van der Waals surface area contributed by atoms with E-state index in [0.29, 0.717) is 46.9 Å². The maximum Gasteiger partial charge on any atom is 0.252 e. The molecule has 254 valence electrons. The predicted octanol–water partition coefficient (Wildman–Crippen LogP) is 2.53. The summed E-state index contributed by atoms with van der Waals surface area (Å²) >= 11 is 0. The molecule has 1 unspecified atom stereocenters. The number of ether oxygens (including phenoxy) is 1. The second-order valence-corrected chi connectivity index (χ2v) is 13.6. The van der Waals surface area contributed by atoms with Gasteiger partial charge in [0, 0.05) is 50.2 Å². The normalized spacial score (nSPS) is 19.8. The van der Waals surface area contributed by atoms with Crippen molar-refractivity contribution in [1.82, 2.24) is 29.6 Å². The van der Waals surface area contributed by atoms with Crippen LogP contribution in [-0.2, 0) is 19.6 Å². The average molecular weight is 669 g/mol. The predicted molar refractivity (Wildman–Crippen MR) is 180 cm³/mol. The van der Waals surface area contributed by atoms with Crippen LogP contribution in [0.2, 0.25) is 0 Å². The minimum atomic E-state index is -3.63. The summed E-state index contributed by atoms with van der Waals surface area (Å²) in [5.41, 5.74) is 1.87. The lowest BCUT2D eigenvalue weighted by atomic mass is 10.1. The zero-order valence-corrected chi connectivity index (χ0v) is 27.8. The molecule has 0 bridgehead atoms. The van der Waals surface area contributed by atoms with Crippen LogP contribution in [0, 0.1) is 0 Å². The third kappa shape index (κ3) is 7.65. The van der Waals surface area contributed by atoms with Gasteiger partial charge in [0.2, 0.25) is 10.0 Å². The van der Waals surface area contributed by atoms with Crippen molar-refractivity contribution in [2.75, 3.05) is 43.9 Å². The third-order valence-corrected chi connectivity index (χ3v) is 9.82. The maximum atomic E-state index is 13.1. The summed E-state index contributed by atoms with van der Waals surface area (Å²) in [5, 5.41) is 28.5. The number of unbranched alkanes of at least 4 members (excludes halogenated alkanes) is 5. The van der Waals surface area contributed by atoms with E-state index in [4.69, 9.17) is 4.74 Å². The van der Waals surface area contributed by atoms with Gasteiger partial charge in [0.1, 0.15) is 18.5 Å². The van der Waals surface area contributed by atoms with Gasteiger partial charge >= 0.3 is 0 Å². The number of hydrogen-bond acceptors (Lipinski definition) is 11. The van der Waals surface area contributed by atoms with E-state index in [9.17, 15) is 23.4 Å². The first-order chi connectivity index (χ1) is 22.6. The average Bonchev–Trinajstić information content (AvgIpc) is 3.61. The van der Waals surface area contributed by atoms with Crippen molar-refractivity contribution in [3.05, 3.63) is 49.1 Å². The number of carbonyl (C=O) groups excluding carboxylic acids is 1. The van der Waals surface area contributed by atoms with Gasteiger partial charge in [0.05, 0.1) is 11.2 Å². The van der Waals surface area contributed by atoms with Crippen LogP contribution in [0.3, 0.4) is 0 Å². The Labute approximate surface area is 274 Å². The van der Waals surface area contributed by atoms with Crippen LogP contribution in [0.15, 0.2) is 53.9 Å². The number of nitrogens with one attached hydrogen (secondary N) is 3. The van der Waals surface area contributed by atoms with Gasteiger partial charge in [-0.05, 0) is 31.9 Å². The summed E-state index contributed by atoms with van der Waals surface area (Å²) < 4.78 is 36.2. The summed E-state index contributed by atoms with van der Waals surface area (Å²) in [6, 6.07) is 11.1. The lowest BCUT2D eigenvalue weighted by Crippen LogP contribution is -2.42. The molecule has 0 radical (unpaired) electrons. The number of likely N-dealkylation sites (N-methyl/N-ethyl adjacent to an activating group) is 1. The van der Waals surface area contributed by atoms with E-state index in [1.54, 1.807) is 19.1 Å². The monoisotopic (exact) mass is 668 g/mol. The largest absolute Gasteiger partial charge is 0.387 e. The van der Waals surface area contributed by atoms with Crippen LogP contribution in [0.25, 0.3) is 21.9 Å². The van der Waals surface area contributed by atoms with Gasteiger partial charge in [-0.2, -0.15) is 0 Å². The van der Waals surface area contributed by atoms with E-state index in [-0.39, 0.29) is 0 Å². The van der Waals surface area contributed by atoms with Crippen LogP contribution in [0.4, 0.5) is 11.5 Å². The highest BCUT2D eigenvalue weighted by Gasteiger charge is 2.47. The topological polar surface area (TPSA) is 184 Å². The highest BCUT2D eigenvalue weighted by Crippen LogP contribution is 2.33. The minimum absolute atomic E-state index is 0.298. The lowest BCUT2D eigenvalue weighted by molar-refractivity contribution is -0.137. The molecule has 15 heteroatoms. The molecule has 1 fully saturated rings. The first kappa shape index (κ1) is 34.4. The Morgan fingerprint density at radius 1 is 0.936 bits per heavy atom. The number of hydrogen-bond donors (Lipinski definition) is 5. The number of rotatable bonds is 16. The Morgan fingerprint density at radius 2 is 1.64 bits per heavy atom. The number of nitrogens with zero attached hydrogens (tertiary/aromatic N) is 5. The van der Waals surface area contributed by atoms with Gasteiger partial charge in [-0.1, -0.05) is 49.9 Å². The zero-order valence-electron chi connectivity index (χ0n) is 27.0. The fraction of sp³-hybridized carbons (Fsp3) is 0.500. The SMILES string of the molecule is CCNC(=O)[C@H]1OC(n2cnc3c(NCCCCCCCCNS(=O)(=O)c4cccc5c(N(C)C)cccc45)ncnc32)[C@H](O)[C@@H]1O. The smallest absolute Gasteiger partial charge is 0.252 e. The molecule has 0 spiro atoms. The lowest BCUT2D eigenvalue weighted by Gasteiger charge is -2.17. The summed E-state index contributed by atoms with van der Waals surface area (Å²) in [5.74, 6) is 0.0434. The molecule has 0 saturated carbocycles. The number of aliphatic hydroxyl groups is 2. The molecule has 4 atom stereocenters. The van der Waals surface area contributed by atoms with Gasteiger partial charge in [0.15, 0.2) is 29.3 Å². The summed E-state index contributed by atoms with van der Waals surface area (Å²) in [6.07, 6.45) is 3.46. The molecule has 1 aliphatic rings. The van der Waals surface area contributed by atoms with Gasteiger partial charge in [-0.3, -0.25) is 9.36 Å². The number of amides is 1. The molecule has 5 rings (SSSR count). The maximum absolute atomic E-state index is 13.1. The van der Waals surface area contributed by atoms with E-state index >= 15 is 0 Å². The quantitative estimate of drug-likeness (QED) is 0.111. The van der Waals surface area contributed by atoms with Crippen molar-refractivity contribution in [3.63, 3.8) is 0 Å². The fourth-order valence-corrected chi connectivity index (χ4v) is 7.18. The number of benzene rings is 2. The Bertz CT molecular complexity index is 1780. The fourth-order valence-electron chi connectivity index (χ4n) is 5.89. The molecular weight excluding hydrogens is 624 g/mol. The molecular formula is C32H44N8O6S. The van der Waals surface area contributed by atoms with Crippen LogP contribution in [0.5, 0.6) is 0 Å². The summed E-state index contributed by atoms with van der Waals surface area (Å²) in [7, 11) is 0.251. The van der Waals surface area contributed by atoms with Gasteiger partial charge < -0.3 is 30.5 Å². The molecule has 1 saturated heterocycles. The number of aromatic nitrogens is 4.